The fourth-order valence-corrected chi connectivity index (χ4v) is 11.9. The molecular formula is C86H100N6+6. The lowest BCUT2D eigenvalue weighted by atomic mass is 9.99. The molecule has 0 fully saturated rings. The van der Waals surface area contributed by atoms with Crippen LogP contribution < -0.4 is 27.4 Å². The number of aryl methyl sites for hydroxylation is 17. The maximum absolute atomic E-state index is 2.26. The van der Waals surface area contributed by atoms with Gasteiger partial charge >= 0.3 is 0 Å². The maximum Gasteiger partial charge on any atom is 0.215 e. The Balaban J connectivity index is 0.000000157. The Bertz CT molecular complexity index is 4200. The van der Waals surface area contributed by atoms with Gasteiger partial charge in [-0.2, -0.15) is 13.7 Å². The molecule has 6 aromatic heterocycles. The van der Waals surface area contributed by atoms with Crippen LogP contribution in [0.4, 0.5) is 0 Å². The van der Waals surface area contributed by atoms with Gasteiger partial charge in [0.25, 0.3) is 0 Å². The van der Waals surface area contributed by atoms with Crippen molar-refractivity contribution in [2.24, 2.45) is 42.3 Å². The minimum absolute atomic E-state index is 1.26. The van der Waals surface area contributed by atoms with Crippen LogP contribution in [0.2, 0.25) is 0 Å². The summed E-state index contributed by atoms with van der Waals surface area (Å²) in [7, 11) is 12.6. The molecule has 0 amide bonds. The predicted octanol–water partition coefficient (Wildman–Crippen LogP) is 17.4. The highest BCUT2D eigenvalue weighted by molar-refractivity contribution is 5.68. The monoisotopic (exact) mass is 1220 g/mol. The third kappa shape index (κ3) is 17.6. The molecule has 92 heavy (non-hydrogen) atoms. The van der Waals surface area contributed by atoms with E-state index < -0.39 is 0 Å². The molecule has 6 aromatic carbocycles. The first-order chi connectivity index (χ1) is 44.0. The Morgan fingerprint density at radius 1 is 0.207 bits per heavy atom. The number of hydrogen-bond acceptors (Lipinski definition) is 0. The van der Waals surface area contributed by atoms with Gasteiger partial charge in [-0.15, -0.1) is 0 Å². The summed E-state index contributed by atoms with van der Waals surface area (Å²) in [6.07, 6.45) is 6.25. The van der Waals surface area contributed by atoms with Crippen molar-refractivity contribution in [2.75, 3.05) is 0 Å². The smallest absolute Gasteiger partial charge is 0.201 e. The van der Waals surface area contributed by atoms with Crippen LogP contribution in [0.25, 0.3) is 67.5 Å². The molecule has 0 bridgehead atoms. The topological polar surface area (TPSA) is 23.3 Å². The van der Waals surface area contributed by atoms with Crippen molar-refractivity contribution in [3.63, 3.8) is 0 Å². The number of benzene rings is 6. The summed E-state index contributed by atoms with van der Waals surface area (Å²) in [5.41, 5.74) is 34.1. The molecule has 0 atom stereocenters. The fraction of sp³-hybridized carbons (Fsp3) is 0.233. The van der Waals surface area contributed by atoms with Gasteiger partial charge in [0.05, 0.1) is 11.1 Å². The van der Waals surface area contributed by atoms with Gasteiger partial charge in [-0.3, -0.25) is 0 Å². The van der Waals surface area contributed by atoms with Gasteiger partial charge in [0.2, 0.25) is 34.2 Å². The number of pyridine rings is 6. The average molecular weight is 1220 g/mol. The molecule has 0 saturated heterocycles. The summed E-state index contributed by atoms with van der Waals surface area (Å²) in [5.74, 6) is 0. The van der Waals surface area contributed by atoms with Gasteiger partial charge in [0.1, 0.15) is 42.3 Å². The summed E-state index contributed by atoms with van der Waals surface area (Å²) in [6, 6.07) is 79.0. The van der Waals surface area contributed by atoms with Gasteiger partial charge in [0, 0.05) is 115 Å². The van der Waals surface area contributed by atoms with Crippen molar-refractivity contribution in [1.82, 2.24) is 0 Å². The summed E-state index contributed by atoms with van der Waals surface area (Å²) in [5, 5.41) is 0. The van der Waals surface area contributed by atoms with Crippen molar-refractivity contribution in [2.45, 2.75) is 96.9 Å². The predicted molar refractivity (Wildman–Crippen MR) is 385 cm³/mol. The first kappa shape index (κ1) is 69.7. The summed E-state index contributed by atoms with van der Waals surface area (Å²) in [4.78, 5) is 0. The minimum Gasteiger partial charge on any atom is -0.201 e. The van der Waals surface area contributed by atoms with E-state index in [9.17, 15) is 0 Å². The van der Waals surface area contributed by atoms with Gasteiger partial charge in [-0.25, -0.2) is 13.7 Å². The summed E-state index contributed by atoms with van der Waals surface area (Å²) >= 11 is 0. The van der Waals surface area contributed by atoms with Crippen LogP contribution in [0, 0.1) is 96.9 Å². The molecule has 6 heterocycles. The van der Waals surface area contributed by atoms with E-state index in [-0.39, 0.29) is 0 Å². The van der Waals surface area contributed by atoms with Crippen LogP contribution in [-0.2, 0) is 42.3 Å². The van der Waals surface area contributed by atoms with Crippen LogP contribution in [0.15, 0.2) is 243 Å². The Kier molecular flexibility index (Phi) is 24.9. The molecule has 0 aliphatic carbocycles. The summed E-state index contributed by atoms with van der Waals surface area (Å²) < 4.78 is 13.2. The number of hydrogen-bond donors (Lipinski definition) is 0. The lowest BCUT2D eigenvalue weighted by Gasteiger charge is -2.08. The first-order valence-electron chi connectivity index (χ1n) is 32.1. The van der Waals surface area contributed by atoms with Crippen LogP contribution >= 0.6 is 0 Å². The Morgan fingerprint density at radius 3 is 0.902 bits per heavy atom. The maximum atomic E-state index is 2.26. The van der Waals surface area contributed by atoms with E-state index in [1.165, 1.54) is 146 Å². The largest absolute Gasteiger partial charge is 0.215 e. The van der Waals surface area contributed by atoms with E-state index in [4.69, 9.17) is 0 Å². The molecule has 0 aliphatic rings. The van der Waals surface area contributed by atoms with E-state index in [0.717, 1.165) is 0 Å². The van der Waals surface area contributed by atoms with E-state index in [1.54, 1.807) is 0 Å². The second-order valence-electron chi connectivity index (χ2n) is 24.6. The molecule has 6 nitrogen and oxygen atoms in total. The second kappa shape index (κ2) is 32.8. The van der Waals surface area contributed by atoms with Crippen molar-refractivity contribution < 1.29 is 27.4 Å². The quantitative estimate of drug-likeness (QED) is 0.148. The van der Waals surface area contributed by atoms with Crippen LogP contribution in [0.5, 0.6) is 0 Å². The first-order valence-corrected chi connectivity index (χ1v) is 32.1. The van der Waals surface area contributed by atoms with Crippen molar-refractivity contribution in [3.05, 3.63) is 321 Å². The molecule has 0 saturated carbocycles. The lowest BCUT2D eigenvalue weighted by Crippen LogP contribution is -2.35. The Morgan fingerprint density at radius 2 is 0.511 bits per heavy atom. The molecule has 0 unspecified atom stereocenters. The number of rotatable bonds is 6. The van der Waals surface area contributed by atoms with Gasteiger partial charge in [-0.1, -0.05) is 109 Å². The molecule has 6 heteroatoms. The summed E-state index contributed by atoms with van der Waals surface area (Å²) in [6.45, 7) is 30.2. The second-order valence-corrected chi connectivity index (χ2v) is 24.6. The van der Waals surface area contributed by atoms with Crippen LogP contribution in [0.1, 0.15) is 78.3 Å². The average Bonchev–Trinajstić information content (AvgIpc) is 0.883. The molecule has 468 valence electrons. The molecule has 12 aromatic rings. The third-order valence-corrected chi connectivity index (χ3v) is 17.6. The highest BCUT2D eigenvalue weighted by Gasteiger charge is 2.20. The molecule has 0 radical (unpaired) electrons. The molecule has 0 N–H and O–H groups in total. The number of nitrogens with zero attached hydrogens (tertiary/aromatic N) is 6. The Hall–Kier alpha value is -9.78. The molecule has 0 spiro atoms. The van der Waals surface area contributed by atoms with E-state index in [2.05, 4.69) is 410 Å². The highest BCUT2D eigenvalue weighted by atomic mass is 15.0. The zero-order valence-electron chi connectivity index (χ0n) is 58.8. The van der Waals surface area contributed by atoms with Crippen molar-refractivity contribution >= 4 is 0 Å². The third-order valence-electron chi connectivity index (χ3n) is 17.6. The SMILES string of the molecule is Cc1ccc(C)c(-c2cccc[n+]2C)c1.Cc1cccc(C)c1-c1cccc[n+]1C.Cc1cccc(C)c1-c1cccc[n+]1C.Cc1ccccc1-c1c(C)ccc(C)[n+]1C.Cc1ccccc1-c1c(C)ccc(C)[n+]1C.Cc1ccccc1-c1cccc(C)[n+]1C. The van der Waals surface area contributed by atoms with Gasteiger partial charge in [-0.05, 0) is 181 Å². The standard InChI is InChI=1S/2C15H18N.4C14H16N/c2*1-11-7-5-6-8-14(11)15-12(2)9-10-13(3)16(15)4;2*1-11-7-6-8-12(2)14(11)13-9-4-5-10-15(13)3;1-11-7-4-5-9-13(11)14-10-6-8-12(2)15(14)3;1-11-7-8-12(2)13(10-11)14-6-4-5-9-15(14)3/h2*5-10H,1-4H3;4*4-10H,1-3H3/q6*+1. The van der Waals surface area contributed by atoms with Crippen LogP contribution in [0.3, 0.4) is 0 Å². The molecule has 12 rings (SSSR count). The van der Waals surface area contributed by atoms with Crippen LogP contribution in [-0.4, -0.2) is 0 Å². The zero-order chi connectivity index (χ0) is 66.8. The fourth-order valence-electron chi connectivity index (χ4n) is 11.9. The van der Waals surface area contributed by atoms with Gasteiger partial charge in [0.15, 0.2) is 35.7 Å². The molecule has 0 aliphatic heterocycles. The molecular weight excluding hydrogens is 1120 g/mol. The lowest BCUT2D eigenvalue weighted by molar-refractivity contribution is -0.667. The van der Waals surface area contributed by atoms with Crippen molar-refractivity contribution in [1.29, 1.82) is 0 Å². The number of aromatic nitrogens is 6. The van der Waals surface area contributed by atoms with E-state index in [0.29, 0.717) is 0 Å². The van der Waals surface area contributed by atoms with Crippen molar-refractivity contribution in [3.8, 4) is 67.5 Å². The minimum atomic E-state index is 1.26. The highest BCUT2D eigenvalue weighted by Crippen LogP contribution is 2.28. The Labute approximate surface area is 552 Å². The van der Waals surface area contributed by atoms with E-state index >= 15 is 0 Å². The van der Waals surface area contributed by atoms with E-state index in [1.807, 2.05) is 0 Å². The normalized spacial score (nSPS) is 10.4. The van der Waals surface area contributed by atoms with Gasteiger partial charge < -0.3 is 0 Å². The zero-order valence-corrected chi connectivity index (χ0v) is 58.8.